The first kappa shape index (κ1) is 9.36. The summed E-state index contributed by atoms with van der Waals surface area (Å²) in [4.78, 5) is 10.2. The maximum absolute atomic E-state index is 10.2. The molecule has 1 fully saturated rings. The second-order valence-corrected chi connectivity index (χ2v) is 4.68. The van der Waals surface area contributed by atoms with Crippen molar-refractivity contribution in [2.45, 2.75) is 39.7 Å². The van der Waals surface area contributed by atoms with Gasteiger partial charge in [-0.2, -0.15) is 0 Å². The van der Waals surface area contributed by atoms with Crippen molar-refractivity contribution < 1.29 is 9.90 Å². The van der Waals surface area contributed by atoms with E-state index in [0.717, 1.165) is 12.8 Å². The first-order valence-electron chi connectivity index (χ1n) is 4.39. The standard InChI is InChI=1S/C9H17NO2/c1-9(2,3)6-4-7(5-6)10-8(11)12/h6-7,10H,4-5H2,1-3H3,(H,11,12)/t6-,7+. The normalized spacial score (nSPS) is 29.2. The zero-order chi connectivity index (χ0) is 9.35. The highest BCUT2D eigenvalue weighted by atomic mass is 16.4. The lowest BCUT2D eigenvalue weighted by atomic mass is 9.66. The van der Waals surface area contributed by atoms with E-state index in [1.165, 1.54) is 0 Å². The van der Waals surface area contributed by atoms with Crippen molar-refractivity contribution in [2.24, 2.45) is 11.3 Å². The molecule has 0 unspecified atom stereocenters. The molecular formula is C9H17NO2. The van der Waals surface area contributed by atoms with Gasteiger partial charge in [0, 0.05) is 6.04 Å². The fourth-order valence-corrected chi connectivity index (χ4v) is 1.62. The summed E-state index contributed by atoms with van der Waals surface area (Å²) in [7, 11) is 0. The summed E-state index contributed by atoms with van der Waals surface area (Å²) >= 11 is 0. The van der Waals surface area contributed by atoms with Crippen LogP contribution in [0.1, 0.15) is 33.6 Å². The van der Waals surface area contributed by atoms with Gasteiger partial charge >= 0.3 is 6.09 Å². The lowest BCUT2D eigenvalue weighted by molar-refractivity contribution is 0.0950. The average Bonchev–Trinajstić information content (AvgIpc) is 1.73. The van der Waals surface area contributed by atoms with Crippen molar-refractivity contribution in [1.29, 1.82) is 0 Å². The molecule has 0 radical (unpaired) electrons. The summed E-state index contributed by atoms with van der Waals surface area (Å²) < 4.78 is 0. The summed E-state index contributed by atoms with van der Waals surface area (Å²) in [6, 6.07) is 0.201. The Hall–Kier alpha value is -0.730. The quantitative estimate of drug-likeness (QED) is 0.634. The highest BCUT2D eigenvalue weighted by Crippen LogP contribution is 2.41. The van der Waals surface area contributed by atoms with E-state index >= 15 is 0 Å². The molecule has 3 nitrogen and oxygen atoms in total. The van der Waals surface area contributed by atoms with Crippen LogP contribution in [-0.4, -0.2) is 17.2 Å². The first-order chi connectivity index (χ1) is 5.39. The molecule has 0 aromatic rings. The van der Waals surface area contributed by atoms with Gasteiger partial charge in [0.2, 0.25) is 0 Å². The van der Waals surface area contributed by atoms with Crippen LogP contribution >= 0.6 is 0 Å². The lowest BCUT2D eigenvalue weighted by Gasteiger charge is -2.43. The van der Waals surface area contributed by atoms with E-state index in [1.807, 2.05) is 0 Å². The number of nitrogens with one attached hydrogen (secondary N) is 1. The lowest BCUT2D eigenvalue weighted by Crippen LogP contribution is -2.47. The fraction of sp³-hybridized carbons (Fsp3) is 0.889. The van der Waals surface area contributed by atoms with E-state index in [9.17, 15) is 4.79 Å². The van der Waals surface area contributed by atoms with Crippen molar-refractivity contribution in [3.05, 3.63) is 0 Å². The Morgan fingerprint density at radius 3 is 2.25 bits per heavy atom. The van der Waals surface area contributed by atoms with E-state index in [2.05, 4.69) is 26.1 Å². The summed E-state index contributed by atoms with van der Waals surface area (Å²) in [6.07, 6.45) is 1.10. The number of carbonyl (C=O) groups is 1. The predicted molar refractivity (Wildman–Crippen MR) is 47.1 cm³/mol. The van der Waals surface area contributed by atoms with E-state index in [1.54, 1.807) is 0 Å². The molecule has 3 heteroatoms. The van der Waals surface area contributed by atoms with Crippen molar-refractivity contribution >= 4 is 6.09 Å². The van der Waals surface area contributed by atoms with E-state index in [4.69, 9.17) is 5.11 Å². The van der Waals surface area contributed by atoms with Crippen LogP contribution < -0.4 is 5.32 Å². The van der Waals surface area contributed by atoms with E-state index in [-0.39, 0.29) is 6.04 Å². The molecule has 2 N–H and O–H groups in total. The third-order valence-corrected chi connectivity index (χ3v) is 2.69. The Kier molecular flexibility index (Phi) is 2.31. The molecule has 1 rings (SSSR count). The molecule has 0 spiro atoms. The third kappa shape index (κ3) is 2.13. The second-order valence-electron chi connectivity index (χ2n) is 4.68. The van der Waals surface area contributed by atoms with Gasteiger partial charge in [-0.15, -0.1) is 0 Å². The Morgan fingerprint density at radius 2 is 1.92 bits per heavy atom. The molecular weight excluding hydrogens is 154 g/mol. The number of hydrogen-bond acceptors (Lipinski definition) is 1. The molecule has 0 atom stereocenters. The molecule has 1 amide bonds. The second kappa shape index (κ2) is 2.96. The van der Waals surface area contributed by atoms with Crippen molar-refractivity contribution in [1.82, 2.24) is 5.32 Å². The van der Waals surface area contributed by atoms with Crippen LogP contribution in [0.3, 0.4) is 0 Å². The Labute approximate surface area is 73.2 Å². The van der Waals surface area contributed by atoms with Crippen LogP contribution in [-0.2, 0) is 0 Å². The van der Waals surface area contributed by atoms with Gasteiger partial charge in [-0.05, 0) is 24.2 Å². The van der Waals surface area contributed by atoms with E-state index in [0.29, 0.717) is 11.3 Å². The van der Waals surface area contributed by atoms with Crippen molar-refractivity contribution in [2.75, 3.05) is 0 Å². The minimum absolute atomic E-state index is 0.201. The van der Waals surface area contributed by atoms with Crippen LogP contribution in [0.15, 0.2) is 0 Å². The summed E-state index contributed by atoms with van der Waals surface area (Å²) in [5.41, 5.74) is 0.330. The number of amides is 1. The van der Waals surface area contributed by atoms with Gasteiger partial charge in [-0.1, -0.05) is 20.8 Å². The number of rotatable bonds is 1. The molecule has 0 aromatic carbocycles. The van der Waals surface area contributed by atoms with Gasteiger partial charge in [0.05, 0.1) is 0 Å². The Balaban J connectivity index is 2.25. The maximum Gasteiger partial charge on any atom is 0.404 e. The van der Waals surface area contributed by atoms with Gasteiger partial charge in [0.15, 0.2) is 0 Å². The van der Waals surface area contributed by atoms with Gasteiger partial charge < -0.3 is 10.4 Å². The average molecular weight is 171 g/mol. The van der Waals surface area contributed by atoms with Gasteiger partial charge in [-0.25, -0.2) is 4.79 Å². The zero-order valence-electron chi connectivity index (χ0n) is 7.92. The molecule has 0 aliphatic heterocycles. The molecule has 1 aliphatic carbocycles. The van der Waals surface area contributed by atoms with E-state index < -0.39 is 6.09 Å². The first-order valence-corrected chi connectivity index (χ1v) is 4.39. The molecule has 0 heterocycles. The number of carboxylic acid groups (broad SMARTS) is 1. The van der Waals surface area contributed by atoms with Crippen molar-refractivity contribution in [3.63, 3.8) is 0 Å². The fourth-order valence-electron chi connectivity index (χ4n) is 1.62. The summed E-state index contributed by atoms with van der Waals surface area (Å²) in [6.45, 7) is 6.61. The van der Waals surface area contributed by atoms with Crippen LogP contribution in [0.25, 0.3) is 0 Å². The Morgan fingerprint density at radius 1 is 1.42 bits per heavy atom. The molecule has 0 bridgehead atoms. The molecule has 1 saturated carbocycles. The van der Waals surface area contributed by atoms with Gasteiger partial charge in [0.25, 0.3) is 0 Å². The molecule has 70 valence electrons. The minimum Gasteiger partial charge on any atom is -0.465 e. The van der Waals surface area contributed by atoms with Crippen LogP contribution in [0.5, 0.6) is 0 Å². The van der Waals surface area contributed by atoms with Crippen molar-refractivity contribution in [3.8, 4) is 0 Å². The largest absolute Gasteiger partial charge is 0.465 e. The summed E-state index contributed by atoms with van der Waals surface area (Å²) in [5, 5.41) is 10.9. The monoisotopic (exact) mass is 171 g/mol. The predicted octanol–water partition coefficient (Wildman–Crippen LogP) is 2.08. The highest BCUT2D eigenvalue weighted by molar-refractivity contribution is 5.65. The molecule has 0 saturated heterocycles. The zero-order valence-corrected chi connectivity index (χ0v) is 7.92. The topological polar surface area (TPSA) is 49.3 Å². The van der Waals surface area contributed by atoms with Crippen LogP contribution in [0, 0.1) is 11.3 Å². The molecule has 12 heavy (non-hydrogen) atoms. The minimum atomic E-state index is -0.896. The highest BCUT2D eigenvalue weighted by Gasteiger charge is 2.37. The Bertz CT molecular complexity index is 177. The van der Waals surface area contributed by atoms with Gasteiger partial charge in [-0.3, -0.25) is 0 Å². The van der Waals surface area contributed by atoms with Crippen LogP contribution in [0.4, 0.5) is 4.79 Å². The SMILES string of the molecule is CC(C)(C)[C@H]1C[C@@H](NC(=O)O)C1. The number of hydrogen-bond donors (Lipinski definition) is 2. The van der Waals surface area contributed by atoms with Crippen LogP contribution in [0.2, 0.25) is 0 Å². The smallest absolute Gasteiger partial charge is 0.404 e. The molecule has 1 aliphatic rings. The molecule has 0 aromatic heterocycles. The summed E-state index contributed by atoms with van der Waals surface area (Å²) in [5.74, 6) is 0.675. The third-order valence-electron chi connectivity index (χ3n) is 2.69. The van der Waals surface area contributed by atoms with Gasteiger partial charge in [0.1, 0.15) is 0 Å². The maximum atomic E-state index is 10.2.